The minimum atomic E-state index is 0.559. The number of hydrogen-bond acceptors (Lipinski definition) is 6. The summed E-state index contributed by atoms with van der Waals surface area (Å²) in [6.07, 6.45) is 4.24. The summed E-state index contributed by atoms with van der Waals surface area (Å²) in [7, 11) is 0. The maximum atomic E-state index is 6.40. The van der Waals surface area contributed by atoms with Gasteiger partial charge in [-0.3, -0.25) is 0 Å². The molecule has 0 unspecified atom stereocenters. The Kier molecular flexibility index (Phi) is 6.45. The average molecular weight is 645 g/mol. The fourth-order valence-corrected chi connectivity index (χ4v) is 7.00. The SMILES string of the molecule is C1=Cc2c(oc3ccc(-c4cccc(-c5ccccc5)c4)c(-c4nc(-c5ccccc5)nc(-c5ccc6c(c5)oc5ccccc56)n4)c23)NC1. The third kappa shape index (κ3) is 4.69. The Morgan fingerprint density at radius 2 is 1.18 bits per heavy atom. The molecule has 4 heterocycles. The topological polar surface area (TPSA) is 77.0 Å². The van der Waals surface area contributed by atoms with Crippen LogP contribution in [0.5, 0.6) is 0 Å². The first-order valence-electron chi connectivity index (χ1n) is 16.7. The number of nitrogens with zero attached hydrogens (tertiary/aromatic N) is 3. The lowest BCUT2D eigenvalue weighted by Gasteiger charge is -2.15. The largest absolute Gasteiger partial charge is 0.456 e. The minimum Gasteiger partial charge on any atom is -0.456 e. The zero-order valence-corrected chi connectivity index (χ0v) is 26.8. The molecular formula is C44H28N4O2. The van der Waals surface area contributed by atoms with Crippen LogP contribution in [0.25, 0.3) is 95.4 Å². The van der Waals surface area contributed by atoms with Gasteiger partial charge in [-0.2, -0.15) is 0 Å². The van der Waals surface area contributed by atoms with E-state index in [1.807, 2.05) is 66.7 Å². The third-order valence-corrected chi connectivity index (χ3v) is 9.37. The van der Waals surface area contributed by atoms with Gasteiger partial charge in [0.25, 0.3) is 0 Å². The second kappa shape index (κ2) is 11.4. The minimum absolute atomic E-state index is 0.559. The number of para-hydroxylation sites is 1. The fraction of sp³-hybridized carbons (Fsp3) is 0.0227. The van der Waals surface area contributed by atoms with E-state index in [0.717, 1.165) is 83.3 Å². The van der Waals surface area contributed by atoms with E-state index < -0.39 is 0 Å². The van der Waals surface area contributed by atoms with E-state index in [0.29, 0.717) is 24.0 Å². The second-order valence-electron chi connectivity index (χ2n) is 12.4. The van der Waals surface area contributed by atoms with Gasteiger partial charge in [0, 0.05) is 45.0 Å². The molecule has 236 valence electrons. The van der Waals surface area contributed by atoms with Crippen molar-refractivity contribution in [3.05, 3.63) is 151 Å². The lowest BCUT2D eigenvalue weighted by molar-refractivity contribution is 0.628. The molecule has 9 aromatic rings. The number of nitrogens with one attached hydrogen (secondary N) is 1. The Balaban J connectivity index is 1.25. The zero-order valence-electron chi connectivity index (χ0n) is 26.8. The number of aromatic nitrogens is 3. The van der Waals surface area contributed by atoms with Crippen LogP contribution in [0.15, 0.2) is 154 Å². The van der Waals surface area contributed by atoms with Crippen molar-refractivity contribution in [1.29, 1.82) is 0 Å². The standard InChI is InChI=1S/C44H28N4O2/c1-3-11-27(12-4-1)29-15-9-16-30(25-29)32-22-23-37-39(35-18-10-24-45-44(35)50-37)40(32)43-47-41(28-13-5-2-6-14-28)46-42(48-43)31-20-21-34-33-17-7-8-19-36(33)49-38(34)26-31/h1-23,25-26,45H,24H2. The van der Waals surface area contributed by atoms with Crippen molar-refractivity contribution in [2.24, 2.45) is 0 Å². The molecule has 0 atom stereocenters. The Labute approximate surface area is 287 Å². The van der Waals surface area contributed by atoms with Gasteiger partial charge in [-0.15, -0.1) is 0 Å². The van der Waals surface area contributed by atoms with Crippen molar-refractivity contribution in [3.63, 3.8) is 0 Å². The maximum Gasteiger partial charge on any atom is 0.201 e. The predicted molar refractivity (Wildman–Crippen MR) is 202 cm³/mol. The van der Waals surface area contributed by atoms with Crippen LogP contribution in [0.3, 0.4) is 0 Å². The average Bonchev–Trinajstić information content (AvgIpc) is 3.76. The molecule has 0 aliphatic carbocycles. The number of anilines is 1. The lowest BCUT2D eigenvalue weighted by Crippen LogP contribution is -2.03. The van der Waals surface area contributed by atoms with Crippen molar-refractivity contribution >= 4 is 44.9 Å². The third-order valence-electron chi connectivity index (χ3n) is 9.37. The molecule has 6 aromatic carbocycles. The number of furan rings is 2. The summed E-state index contributed by atoms with van der Waals surface area (Å²) in [5.41, 5.74) is 10.3. The van der Waals surface area contributed by atoms with E-state index in [4.69, 9.17) is 23.8 Å². The monoisotopic (exact) mass is 644 g/mol. The molecule has 0 saturated heterocycles. The quantitative estimate of drug-likeness (QED) is 0.201. The van der Waals surface area contributed by atoms with Crippen LogP contribution in [0.2, 0.25) is 0 Å². The van der Waals surface area contributed by atoms with E-state index in [-0.39, 0.29) is 0 Å². The first kappa shape index (κ1) is 28.2. The van der Waals surface area contributed by atoms with Crippen LogP contribution in [-0.2, 0) is 0 Å². The normalized spacial score (nSPS) is 12.4. The molecule has 1 aliphatic heterocycles. The summed E-state index contributed by atoms with van der Waals surface area (Å²) in [4.78, 5) is 15.5. The highest BCUT2D eigenvalue weighted by atomic mass is 16.4. The van der Waals surface area contributed by atoms with Crippen LogP contribution >= 0.6 is 0 Å². The van der Waals surface area contributed by atoms with Crippen LogP contribution in [-0.4, -0.2) is 21.5 Å². The summed E-state index contributed by atoms with van der Waals surface area (Å²) in [5.74, 6) is 2.45. The van der Waals surface area contributed by atoms with Gasteiger partial charge in [-0.05, 0) is 58.7 Å². The smallest absolute Gasteiger partial charge is 0.201 e. The molecule has 0 amide bonds. The molecule has 1 aliphatic rings. The molecule has 6 heteroatoms. The van der Waals surface area contributed by atoms with E-state index in [2.05, 4.69) is 90.3 Å². The lowest BCUT2D eigenvalue weighted by atomic mass is 9.92. The van der Waals surface area contributed by atoms with Crippen molar-refractivity contribution in [3.8, 4) is 56.4 Å². The number of rotatable bonds is 5. The molecule has 0 fully saturated rings. The predicted octanol–water partition coefficient (Wildman–Crippen LogP) is 11.3. The zero-order chi connectivity index (χ0) is 33.0. The van der Waals surface area contributed by atoms with Crippen LogP contribution in [0, 0.1) is 0 Å². The van der Waals surface area contributed by atoms with E-state index in [9.17, 15) is 0 Å². The highest BCUT2D eigenvalue weighted by Crippen LogP contribution is 2.44. The van der Waals surface area contributed by atoms with E-state index in [1.54, 1.807) is 0 Å². The van der Waals surface area contributed by atoms with Gasteiger partial charge in [0.15, 0.2) is 17.5 Å². The Morgan fingerprint density at radius 1 is 0.480 bits per heavy atom. The second-order valence-corrected chi connectivity index (χ2v) is 12.4. The van der Waals surface area contributed by atoms with E-state index in [1.165, 1.54) is 0 Å². The molecule has 50 heavy (non-hydrogen) atoms. The summed E-state index contributed by atoms with van der Waals surface area (Å²) < 4.78 is 12.7. The molecule has 0 bridgehead atoms. The molecule has 10 rings (SSSR count). The Morgan fingerprint density at radius 3 is 2.04 bits per heavy atom. The molecule has 1 N–H and O–H groups in total. The number of hydrogen-bond donors (Lipinski definition) is 1. The summed E-state index contributed by atoms with van der Waals surface area (Å²) in [5, 5.41) is 6.49. The van der Waals surface area contributed by atoms with Crippen molar-refractivity contribution in [2.45, 2.75) is 0 Å². The van der Waals surface area contributed by atoms with Gasteiger partial charge < -0.3 is 14.2 Å². The highest BCUT2D eigenvalue weighted by Gasteiger charge is 2.25. The van der Waals surface area contributed by atoms with Crippen LogP contribution in [0.4, 0.5) is 5.88 Å². The van der Waals surface area contributed by atoms with Crippen molar-refractivity contribution in [2.75, 3.05) is 11.9 Å². The number of fused-ring (bicyclic) bond motifs is 6. The number of benzene rings is 6. The molecule has 0 spiro atoms. The van der Waals surface area contributed by atoms with Crippen molar-refractivity contribution in [1.82, 2.24) is 15.0 Å². The maximum absolute atomic E-state index is 6.40. The molecule has 3 aromatic heterocycles. The Hall–Kier alpha value is -6.79. The molecule has 0 saturated carbocycles. The summed E-state index contributed by atoms with van der Waals surface area (Å²) in [6.45, 7) is 0.701. The summed E-state index contributed by atoms with van der Waals surface area (Å²) >= 11 is 0. The van der Waals surface area contributed by atoms with Crippen molar-refractivity contribution < 1.29 is 8.83 Å². The first-order valence-corrected chi connectivity index (χ1v) is 16.7. The van der Waals surface area contributed by atoms with Gasteiger partial charge in [-0.25, -0.2) is 15.0 Å². The molecular weight excluding hydrogens is 617 g/mol. The van der Waals surface area contributed by atoms with Gasteiger partial charge in [-0.1, -0.05) is 115 Å². The fourth-order valence-electron chi connectivity index (χ4n) is 7.00. The molecule has 0 radical (unpaired) electrons. The van der Waals surface area contributed by atoms with Crippen LogP contribution < -0.4 is 5.32 Å². The Bertz CT molecular complexity index is 2760. The van der Waals surface area contributed by atoms with Gasteiger partial charge in [0.1, 0.15) is 16.7 Å². The van der Waals surface area contributed by atoms with Gasteiger partial charge >= 0.3 is 0 Å². The molecule has 6 nitrogen and oxygen atoms in total. The van der Waals surface area contributed by atoms with E-state index >= 15 is 0 Å². The van der Waals surface area contributed by atoms with Gasteiger partial charge in [0.05, 0.1) is 0 Å². The van der Waals surface area contributed by atoms with Crippen LogP contribution in [0.1, 0.15) is 5.56 Å². The van der Waals surface area contributed by atoms with Gasteiger partial charge in [0.2, 0.25) is 5.88 Å². The highest BCUT2D eigenvalue weighted by molar-refractivity contribution is 6.08. The first-order chi connectivity index (χ1) is 24.8. The summed E-state index contributed by atoms with van der Waals surface area (Å²) in [6, 6.07) is 47.6.